The van der Waals surface area contributed by atoms with Gasteiger partial charge in [-0.1, -0.05) is 382 Å². The van der Waals surface area contributed by atoms with Crippen LogP contribution in [0.1, 0.15) is 111 Å². The van der Waals surface area contributed by atoms with Gasteiger partial charge in [-0.25, -0.2) is 0 Å². The second kappa shape index (κ2) is 23.6. The molecule has 0 fully saturated rings. The lowest BCUT2D eigenvalue weighted by molar-refractivity contribution is 1.52. The smallest absolute Gasteiger partial charge is 0.000741 e. The van der Waals surface area contributed by atoms with Crippen molar-refractivity contribution in [3.63, 3.8) is 0 Å². The van der Waals surface area contributed by atoms with Gasteiger partial charge in [0, 0.05) is 0 Å². The Morgan fingerprint density at radius 1 is 0.118 bits per heavy atom. The van der Waals surface area contributed by atoms with Crippen molar-refractivity contribution in [1.82, 2.24) is 0 Å². The Balaban J connectivity index is 0.0000000967. The van der Waals surface area contributed by atoms with Crippen LogP contribution in [0.3, 0.4) is 0 Å². The van der Waals surface area contributed by atoms with Gasteiger partial charge < -0.3 is 0 Å². The van der Waals surface area contributed by atoms with Gasteiger partial charge in [0.1, 0.15) is 0 Å². The Morgan fingerprint density at radius 2 is 0.382 bits per heavy atom. The molecule has 9 aliphatic rings. The fraction of sp³-hybridized carbons (Fsp3) is 0. The average Bonchev–Trinajstić information content (AvgIpc) is 1.54. The van der Waals surface area contributed by atoms with Crippen molar-refractivity contribution in [2.45, 2.75) is 0 Å². The van der Waals surface area contributed by atoms with Crippen molar-refractivity contribution in [2.24, 2.45) is 0 Å². The Morgan fingerprint density at radius 3 is 0.809 bits per heavy atom. The Labute approximate surface area is 638 Å². The maximum absolute atomic E-state index is 2.44. The predicted octanol–water partition coefficient (Wildman–Crippen LogP) is 28.0. The molecule has 0 nitrogen and oxygen atoms in total. The van der Waals surface area contributed by atoms with Crippen molar-refractivity contribution in [1.29, 1.82) is 0 Å². The van der Waals surface area contributed by atoms with Crippen LogP contribution in [-0.4, -0.2) is 0 Å². The number of hydrogen-bond donors (Lipinski definition) is 0. The van der Waals surface area contributed by atoms with Crippen molar-refractivity contribution >= 4 is 111 Å². The molecule has 0 aromatic heterocycles. The molecule has 17 aromatic rings. The largest absolute Gasteiger partial charge is 0.0622 e. The Hall–Kier alpha value is -14.3. The van der Waals surface area contributed by atoms with Crippen molar-refractivity contribution in [3.05, 3.63) is 487 Å². The van der Waals surface area contributed by atoms with Crippen molar-refractivity contribution in [3.8, 4) is 44.5 Å². The number of rotatable bonds is 6. The zero-order valence-corrected chi connectivity index (χ0v) is 60.0. The zero-order chi connectivity index (χ0) is 71.8. The summed E-state index contributed by atoms with van der Waals surface area (Å²) < 4.78 is 0. The van der Waals surface area contributed by atoms with Crippen LogP contribution in [0.4, 0.5) is 0 Å². The molecule has 0 saturated carbocycles. The third kappa shape index (κ3) is 8.56. The molecule has 0 spiro atoms. The fourth-order valence-electron chi connectivity index (χ4n) is 20.4. The van der Waals surface area contributed by atoms with E-state index in [4.69, 9.17) is 0 Å². The lowest BCUT2D eigenvalue weighted by atomic mass is 9.88. The molecule has 0 radical (unpaired) electrons. The highest BCUT2D eigenvalue weighted by Crippen LogP contribution is 2.64. The van der Waals surface area contributed by atoms with Crippen LogP contribution in [0.15, 0.2) is 376 Å². The molecule has 504 valence electrons. The highest BCUT2D eigenvalue weighted by atomic mass is 14.4. The van der Waals surface area contributed by atoms with Crippen LogP contribution < -0.4 is 0 Å². The molecule has 0 saturated heterocycles. The summed E-state index contributed by atoms with van der Waals surface area (Å²) >= 11 is 0. The van der Waals surface area contributed by atoms with Crippen LogP contribution in [-0.2, 0) is 0 Å². The Bertz CT molecular complexity index is 7210. The average molecular weight is 1390 g/mol. The lowest BCUT2D eigenvalue weighted by Gasteiger charge is -2.14. The molecule has 0 N–H and O–H groups in total. The van der Waals surface area contributed by atoms with Crippen LogP contribution in [0.5, 0.6) is 0 Å². The van der Waals surface area contributed by atoms with E-state index in [-0.39, 0.29) is 0 Å². The molecule has 110 heavy (non-hydrogen) atoms. The first-order valence-electron chi connectivity index (χ1n) is 38.5. The van der Waals surface area contributed by atoms with Gasteiger partial charge in [-0.2, -0.15) is 0 Å². The van der Waals surface area contributed by atoms with Gasteiger partial charge in [-0.3, -0.25) is 0 Å². The molecule has 0 atom stereocenters. The van der Waals surface area contributed by atoms with Crippen LogP contribution in [0.2, 0.25) is 0 Å². The van der Waals surface area contributed by atoms with Gasteiger partial charge in [0.2, 0.25) is 0 Å². The van der Waals surface area contributed by atoms with E-state index >= 15 is 0 Å². The molecule has 17 aromatic carbocycles. The minimum absolute atomic E-state index is 1.27. The summed E-state index contributed by atoms with van der Waals surface area (Å²) in [5.41, 5.74) is 53.5. The third-order valence-electron chi connectivity index (χ3n) is 24.7. The summed E-state index contributed by atoms with van der Waals surface area (Å²) in [6, 6.07) is 139. The maximum atomic E-state index is 2.44. The summed E-state index contributed by atoms with van der Waals surface area (Å²) in [5.74, 6) is 0. The summed E-state index contributed by atoms with van der Waals surface area (Å²) in [5, 5.41) is 8.11. The normalized spacial score (nSPS) is 14.3. The standard InChI is InChI=1S/2C38H22.C34H20/c1-2-10-24(11-3-1)35-28-14-4-6-16-30(28)38-36(29-15-5-7-17-31(29)37(35)38)25-20-21-26-27-18-8-12-23-13-9-19-32(34(23)27)33(26)22-25;1-2-11-23(12-3-1)34-27-15-6-8-17-30(27)38-36(29-16-7-9-18-31(29)37(34)38)33-22-21-32-25-14-5-4-13-24(25)26-19-10-20-28(33)35(26)32;1-2-9-21(10-3-1)31-25-12-4-6-14-27(25)34-32(26-13-5-7-15-28(26)33(31)34)29-20-19-23-18-17-22-11-8-16-24(29)30(22)23/h2*1-22H;1-20H. The van der Waals surface area contributed by atoms with Gasteiger partial charge in [-0.15, -0.1) is 0 Å². The minimum Gasteiger partial charge on any atom is -0.0622 e. The molecule has 0 unspecified atom stereocenters. The fourth-order valence-corrected chi connectivity index (χ4v) is 20.4. The summed E-state index contributed by atoms with van der Waals surface area (Å²) in [6.07, 6.45) is 4.48. The van der Waals surface area contributed by atoms with Crippen molar-refractivity contribution < 1.29 is 0 Å². The number of allylic oxidation sites excluding steroid dienone is 6. The van der Waals surface area contributed by atoms with Gasteiger partial charge in [0.25, 0.3) is 0 Å². The quantitative estimate of drug-likeness (QED) is 0.156. The molecule has 26 rings (SSSR count). The molecule has 0 bridgehead atoms. The molecule has 0 amide bonds. The Kier molecular flexibility index (Phi) is 13.1. The van der Waals surface area contributed by atoms with E-state index in [0.717, 1.165) is 0 Å². The van der Waals surface area contributed by atoms with E-state index in [0.29, 0.717) is 0 Å². The van der Waals surface area contributed by atoms with E-state index in [1.54, 1.807) is 0 Å². The molecule has 0 aliphatic heterocycles. The zero-order valence-electron chi connectivity index (χ0n) is 60.0. The van der Waals surface area contributed by atoms with E-state index in [9.17, 15) is 0 Å². The molecule has 9 aliphatic carbocycles. The lowest BCUT2D eigenvalue weighted by Crippen LogP contribution is -1.94. The van der Waals surface area contributed by atoms with E-state index in [1.165, 1.54) is 255 Å². The van der Waals surface area contributed by atoms with Crippen LogP contribution in [0.25, 0.3) is 156 Å². The van der Waals surface area contributed by atoms with Crippen LogP contribution >= 0.6 is 0 Å². The SMILES string of the molecule is C1=Cc2ccc(C3=C4C(=C(c5ccccc5)c5ccccc54)c4ccccc43)c3cccc1c23.c1ccc(C2=C3C(=C(c4ccc5c(c4)-c4cccc6cccc-5c46)c4ccccc43)c3ccccc32)cc1.c1ccc(C2=C3C(=C(c4ccc5c6c(cccc46)-c4ccccc4-5)c4ccccc43)c3ccccc32)cc1. The summed E-state index contributed by atoms with van der Waals surface area (Å²) in [6.45, 7) is 0. The minimum atomic E-state index is 1.27. The second-order valence-electron chi connectivity index (χ2n) is 30.1. The summed E-state index contributed by atoms with van der Waals surface area (Å²) in [7, 11) is 0. The first kappa shape index (κ1) is 60.9. The topological polar surface area (TPSA) is 0 Å². The number of benzene rings is 17. The second-order valence-corrected chi connectivity index (χ2v) is 30.1. The van der Waals surface area contributed by atoms with E-state index in [2.05, 4.69) is 388 Å². The highest BCUT2D eigenvalue weighted by molar-refractivity contribution is 6.39. The molecular weight excluding hydrogens is 1320 g/mol. The molecular formula is C110H64. The predicted molar refractivity (Wildman–Crippen MR) is 463 cm³/mol. The maximum Gasteiger partial charge on any atom is -0.000741 e. The van der Waals surface area contributed by atoms with Gasteiger partial charge in [-0.05, 0) is 261 Å². The summed E-state index contributed by atoms with van der Waals surface area (Å²) in [4.78, 5) is 0. The molecule has 0 heteroatoms. The first-order chi connectivity index (χ1) is 54.7. The number of fused-ring (bicyclic) bond motifs is 21. The van der Waals surface area contributed by atoms with Gasteiger partial charge >= 0.3 is 0 Å². The van der Waals surface area contributed by atoms with E-state index in [1.807, 2.05) is 0 Å². The van der Waals surface area contributed by atoms with Gasteiger partial charge in [0.15, 0.2) is 0 Å². The highest BCUT2D eigenvalue weighted by Gasteiger charge is 2.42. The monoisotopic (exact) mass is 1380 g/mol. The third-order valence-corrected chi connectivity index (χ3v) is 24.7. The van der Waals surface area contributed by atoms with Crippen molar-refractivity contribution in [2.75, 3.05) is 0 Å². The van der Waals surface area contributed by atoms with Crippen LogP contribution in [0, 0.1) is 0 Å². The van der Waals surface area contributed by atoms with Gasteiger partial charge in [0.05, 0.1) is 0 Å². The van der Waals surface area contributed by atoms with E-state index < -0.39 is 0 Å². The molecule has 0 heterocycles. The first-order valence-corrected chi connectivity index (χ1v) is 38.5. The number of hydrogen-bond acceptors (Lipinski definition) is 0.